The van der Waals surface area contributed by atoms with Crippen LogP contribution in [0.4, 0.5) is 0 Å². The molecular formula is C39H34N2O. The minimum atomic E-state index is -0.601. The molecule has 3 nitrogen and oxygen atoms in total. The Hall–Kier alpha value is -4.37. The number of aromatic nitrogens is 2. The molecule has 1 aliphatic rings. The van der Waals surface area contributed by atoms with Crippen molar-refractivity contribution >= 4 is 60.0 Å². The molecule has 0 bridgehead atoms. The second-order valence-corrected chi connectivity index (χ2v) is 14.1. The van der Waals surface area contributed by atoms with Gasteiger partial charge < -0.3 is 8.82 Å². The molecular weight excluding hydrogens is 512 g/mol. The van der Waals surface area contributed by atoms with Gasteiger partial charge in [0.2, 0.25) is 0 Å². The SMILES string of the molecule is [2H]C1(c2ccc3c(c2)c2cccc4c5cnc(-c6cccc7c6oc6ccccc67)cc5n3c24)CC(C)(C)CC(C)(C)C1. The van der Waals surface area contributed by atoms with Gasteiger partial charge >= 0.3 is 0 Å². The van der Waals surface area contributed by atoms with Gasteiger partial charge in [-0.15, -0.1) is 0 Å². The van der Waals surface area contributed by atoms with Crippen LogP contribution in [0, 0.1) is 10.8 Å². The Morgan fingerprint density at radius 1 is 0.738 bits per heavy atom. The Morgan fingerprint density at radius 3 is 2.29 bits per heavy atom. The van der Waals surface area contributed by atoms with Gasteiger partial charge in [0.05, 0.1) is 22.2 Å². The molecule has 206 valence electrons. The largest absolute Gasteiger partial charge is 0.455 e. The van der Waals surface area contributed by atoms with Crippen molar-refractivity contribution in [1.29, 1.82) is 0 Å². The van der Waals surface area contributed by atoms with Gasteiger partial charge in [-0.2, -0.15) is 0 Å². The summed E-state index contributed by atoms with van der Waals surface area (Å²) in [4.78, 5) is 4.98. The number of pyridine rings is 1. The van der Waals surface area contributed by atoms with E-state index in [9.17, 15) is 1.37 Å². The first-order valence-electron chi connectivity index (χ1n) is 15.6. The van der Waals surface area contributed by atoms with Gasteiger partial charge in [-0.05, 0) is 71.9 Å². The van der Waals surface area contributed by atoms with Gasteiger partial charge in [-0.1, -0.05) is 82.3 Å². The van der Waals surface area contributed by atoms with Crippen molar-refractivity contribution in [1.82, 2.24) is 9.38 Å². The second-order valence-electron chi connectivity index (χ2n) is 14.1. The molecule has 0 radical (unpaired) electrons. The van der Waals surface area contributed by atoms with Gasteiger partial charge in [0.1, 0.15) is 11.2 Å². The van der Waals surface area contributed by atoms with E-state index in [1.54, 1.807) is 0 Å². The van der Waals surface area contributed by atoms with Crippen molar-refractivity contribution < 1.29 is 5.79 Å². The van der Waals surface area contributed by atoms with Gasteiger partial charge in [-0.25, -0.2) is 0 Å². The van der Waals surface area contributed by atoms with E-state index in [4.69, 9.17) is 9.40 Å². The van der Waals surface area contributed by atoms with E-state index in [0.717, 1.165) is 68.9 Å². The lowest BCUT2D eigenvalue weighted by molar-refractivity contribution is 0.0969. The van der Waals surface area contributed by atoms with E-state index in [2.05, 4.69) is 105 Å². The van der Waals surface area contributed by atoms with Crippen LogP contribution in [0.5, 0.6) is 0 Å². The highest BCUT2D eigenvalue weighted by Gasteiger charge is 2.39. The van der Waals surface area contributed by atoms with Crippen molar-refractivity contribution in [2.75, 3.05) is 0 Å². The molecule has 8 aromatic rings. The van der Waals surface area contributed by atoms with Gasteiger partial charge in [0.25, 0.3) is 0 Å². The predicted octanol–water partition coefficient (Wildman–Crippen LogP) is 11.1. The molecule has 4 aromatic heterocycles. The molecule has 0 unspecified atom stereocenters. The Kier molecular flexibility index (Phi) is 4.49. The molecule has 4 aromatic carbocycles. The number of para-hydroxylation sites is 3. The normalized spacial score (nSPS) is 18.6. The first-order valence-corrected chi connectivity index (χ1v) is 15.1. The Bertz CT molecular complexity index is 2390. The van der Waals surface area contributed by atoms with E-state index in [0.29, 0.717) is 0 Å². The van der Waals surface area contributed by atoms with Crippen LogP contribution in [0.3, 0.4) is 0 Å². The molecule has 1 saturated carbocycles. The maximum absolute atomic E-state index is 9.74. The van der Waals surface area contributed by atoms with Crippen LogP contribution in [0.15, 0.2) is 95.5 Å². The van der Waals surface area contributed by atoms with Crippen LogP contribution in [-0.4, -0.2) is 9.38 Å². The van der Waals surface area contributed by atoms with Crippen molar-refractivity contribution in [2.45, 2.75) is 52.9 Å². The summed E-state index contributed by atoms with van der Waals surface area (Å²) >= 11 is 0. The predicted molar refractivity (Wildman–Crippen MR) is 176 cm³/mol. The zero-order valence-electron chi connectivity index (χ0n) is 25.6. The van der Waals surface area contributed by atoms with E-state index in [1.807, 2.05) is 18.3 Å². The van der Waals surface area contributed by atoms with Crippen LogP contribution in [-0.2, 0) is 0 Å². The Balaban J connectivity index is 1.28. The monoisotopic (exact) mass is 547 g/mol. The molecule has 4 heterocycles. The first-order chi connectivity index (χ1) is 20.6. The highest BCUT2D eigenvalue weighted by Crippen LogP contribution is 2.52. The van der Waals surface area contributed by atoms with Gasteiger partial charge in [-0.3, -0.25) is 4.98 Å². The second kappa shape index (κ2) is 8.13. The van der Waals surface area contributed by atoms with Crippen LogP contribution in [0.1, 0.15) is 59.8 Å². The van der Waals surface area contributed by atoms with E-state index >= 15 is 0 Å². The quantitative estimate of drug-likeness (QED) is 0.215. The fourth-order valence-corrected chi connectivity index (χ4v) is 8.53. The number of rotatable bonds is 2. The lowest BCUT2D eigenvalue weighted by Crippen LogP contribution is -2.32. The maximum atomic E-state index is 9.74. The summed E-state index contributed by atoms with van der Waals surface area (Å²) < 4.78 is 18.5. The first kappa shape index (κ1) is 23.2. The number of nitrogens with zero attached hydrogens (tertiary/aromatic N) is 2. The van der Waals surface area contributed by atoms with Crippen LogP contribution >= 0.6 is 0 Å². The molecule has 0 saturated heterocycles. The lowest BCUT2D eigenvalue weighted by Gasteiger charge is -2.45. The molecule has 0 amide bonds. The number of hydrogen-bond donors (Lipinski definition) is 0. The topological polar surface area (TPSA) is 30.4 Å². The summed E-state index contributed by atoms with van der Waals surface area (Å²) in [5, 5.41) is 7.07. The molecule has 9 rings (SSSR count). The molecule has 42 heavy (non-hydrogen) atoms. The van der Waals surface area contributed by atoms with E-state index in [-0.39, 0.29) is 10.8 Å². The van der Waals surface area contributed by atoms with Crippen LogP contribution < -0.4 is 0 Å². The minimum Gasteiger partial charge on any atom is -0.455 e. The smallest absolute Gasteiger partial charge is 0.144 e. The lowest BCUT2D eigenvalue weighted by atomic mass is 9.60. The Morgan fingerprint density at radius 2 is 1.45 bits per heavy atom. The average Bonchev–Trinajstić information content (AvgIpc) is 3.61. The minimum absolute atomic E-state index is 0.135. The third-order valence-corrected chi connectivity index (χ3v) is 9.63. The van der Waals surface area contributed by atoms with Crippen LogP contribution in [0.25, 0.3) is 71.3 Å². The average molecular weight is 548 g/mol. The maximum Gasteiger partial charge on any atom is 0.144 e. The fraction of sp³-hybridized carbons (Fsp3) is 0.256. The molecule has 0 N–H and O–H groups in total. The standard InChI is InChI=1S/C39H34N2O/c1-38(2)19-24(20-39(3,4)22-38)23-15-16-33-30(17-23)26-10-7-11-27-31-21-40-32(18-34(31)41(33)36(26)27)29-13-8-12-28-25-9-5-6-14-35(25)42-37(28)29/h5-18,21,24H,19-20,22H2,1-4H3/i24D. The Labute approximate surface area is 246 Å². The third-order valence-electron chi connectivity index (χ3n) is 9.63. The molecule has 0 spiro atoms. The summed E-state index contributed by atoms with van der Waals surface area (Å²) in [5.41, 5.74) is 8.64. The number of hydrogen-bond acceptors (Lipinski definition) is 2. The van der Waals surface area contributed by atoms with Crippen molar-refractivity contribution in [3.05, 3.63) is 96.7 Å². The van der Waals surface area contributed by atoms with Crippen molar-refractivity contribution in [3.63, 3.8) is 0 Å². The molecule has 1 aliphatic carbocycles. The van der Waals surface area contributed by atoms with Gasteiger partial charge in [0, 0.05) is 45.4 Å². The summed E-state index contributed by atoms with van der Waals surface area (Å²) in [6.07, 6.45) is 4.94. The summed E-state index contributed by atoms with van der Waals surface area (Å²) in [7, 11) is 0. The molecule has 0 atom stereocenters. The van der Waals surface area contributed by atoms with Gasteiger partial charge in [0.15, 0.2) is 0 Å². The molecule has 3 heteroatoms. The summed E-state index contributed by atoms with van der Waals surface area (Å²) in [5.74, 6) is -0.601. The molecule has 0 aliphatic heterocycles. The fourth-order valence-electron chi connectivity index (χ4n) is 8.53. The zero-order valence-corrected chi connectivity index (χ0v) is 24.6. The number of benzene rings is 4. The highest BCUT2D eigenvalue weighted by atomic mass is 16.3. The van der Waals surface area contributed by atoms with E-state index in [1.165, 1.54) is 27.2 Å². The van der Waals surface area contributed by atoms with Crippen LogP contribution in [0.2, 0.25) is 0 Å². The third kappa shape index (κ3) is 3.37. The zero-order chi connectivity index (χ0) is 29.3. The summed E-state index contributed by atoms with van der Waals surface area (Å²) in [6.45, 7) is 9.34. The highest BCUT2D eigenvalue weighted by molar-refractivity contribution is 6.23. The number of furan rings is 1. The van der Waals surface area contributed by atoms with Crippen molar-refractivity contribution in [2.24, 2.45) is 10.8 Å². The number of fused-ring (bicyclic) bond motifs is 9. The molecule has 1 fully saturated rings. The van der Waals surface area contributed by atoms with E-state index < -0.39 is 5.89 Å². The summed E-state index contributed by atoms with van der Waals surface area (Å²) in [6, 6.07) is 30.2. The van der Waals surface area contributed by atoms with Crippen molar-refractivity contribution in [3.8, 4) is 11.3 Å².